The molecule has 5 aliphatic carbocycles. The Hall–Kier alpha value is 0. The molecule has 0 aromatic heterocycles. The lowest BCUT2D eigenvalue weighted by Gasteiger charge is -2.68. The molecular weight excluding hydrogens is 348 g/mol. The number of fused-ring (bicyclic) bond motifs is 7. The largest absolute Gasteiger partial charge is 0.0683 e. The first-order valence-electron chi connectivity index (χ1n) is 13.8. The first kappa shape index (κ1) is 22.2. The molecule has 0 spiro atoms. The molecule has 0 aliphatic heterocycles. The Bertz CT molecular complexity index is 589. The molecule has 29 heavy (non-hydrogen) atoms. The molecule has 0 aromatic carbocycles. The van der Waals surface area contributed by atoms with Gasteiger partial charge in [0, 0.05) is 0 Å². The van der Waals surface area contributed by atoms with Gasteiger partial charge in [-0.3, -0.25) is 0 Å². The van der Waals surface area contributed by atoms with Crippen LogP contribution in [0.25, 0.3) is 0 Å². The molecule has 0 radical (unpaired) electrons. The summed E-state index contributed by atoms with van der Waals surface area (Å²) < 4.78 is 0. The molecule has 0 heteroatoms. The predicted octanol–water partition coefficient (Wildman–Crippen LogP) is 9.28. The van der Waals surface area contributed by atoms with Crippen LogP contribution < -0.4 is 0 Å². The first-order chi connectivity index (χ1) is 13.8. The molecule has 0 N–H and O–H groups in total. The van der Waals surface area contributed by atoms with Crippen molar-refractivity contribution in [1.82, 2.24) is 0 Å². The van der Waals surface area contributed by atoms with Gasteiger partial charge in [-0.05, 0) is 115 Å². The molecule has 0 aromatic rings. The smallest absolute Gasteiger partial charge is 0.0259 e. The van der Waals surface area contributed by atoms with Crippen molar-refractivity contribution in [2.45, 2.75) is 132 Å². The van der Waals surface area contributed by atoms with E-state index in [2.05, 4.69) is 34.6 Å². The van der Waals surface area contributed by atoms with Gasteiger partial charge in [0.25, 0.3) is 0 Å². The van der Waals surface area contributed by atoms with E-state index < -0.39 is 0 Å². The third-order valence-corrected chi connectivity index (χ3v) is 12.1. The second-order valence-corrected chi connectivity index (χ2v) is 13.1. The van der Waals surface area contributed by atoms with Gasteiger partial charge in [-0.25, -0.2) is 0 Å². The summed E-state index contributed by atoms with van der Waals surface area (Å²) >= 11 is 0. The third-order valence-electron chi connectivity index (χ3n) is 12.1. The number of rotatable bonds is 1. The fraction of sp³-hybridized carbons (Fsp3) is 1.00. The Morgan fingerprint density at radius 2 is 1.38 bits per heavy atom. The Morgan fingerprint density at radius 3 is 2.10 bits per heavy atom. The maximum absolute atomic E-state index is 2.80. The zero-order valence-corrected chi connectivity index (χ0v) is 21.1. The van der Waals surface area contributed by atoms with Crippen molar-refractivity contribution in [3.05, 3.63) is 0 Å². The van der Waals surface area contributed by atoms with Gasteiger partial charge in [-0.2, -0.15) is 0 Å². The van der Waals surface area contributed by atoms with E-state index >= 15 is 0 Å². The van der Waals surface area contributed by atoms with E-state index in [0.717, 1.165) is 35.0 Å². The number of hydrogen-bond donors (Lipinski definition) is 0. The van der Waals surface area contributed by atoms with E-state index in [1.54, 1.807) is 44.9 Å². The highest BCUT2D eigenvalue weighted by atomic mass is 14.7. The quantitative estimate of drug-likeness (QED) is 0.411. The molecule has 168 valence electrons. The van der Waals surface area contributed by atoms with Crippen LogP contribution in [0.4, 0.5) is 0 Å². The summed E-state index contributed by atoms with van der Waals surface area (Å²) in [5.74, 6) is 5.23. The number of hydrogen-bond acceptors (Lipinski definition) is 0. The topological polar surface area (TPSA) is 0 Å². The summed E-state index contributed by atoms with van der Waals surface area (Å²) in [6, 6.07) is 0. The van der Waals surface area contributed by atoms with Gasteiger partial charge < -0.3 is 0 Å². The molecule has 5 rings (SSSR count). The van der Waals surface area contributed by atoms with Crippen LogP contribution in [0.1, 0.15) is 132 Å². The fourth-order valence-corrected chi connectivity index (χ4v) is 11.1. The fourth-order valence-electron chi connectivity index (χ4n) is 11.1. The van der Waals surface area contributed by atoms with E-state index in [0.29, 0.717) is 16.2 Å². The molecule has 8 unspecified atom stereocenters. The monoisotopic (exact) mass is 400 g/mol. The van der Waals surface area contributed by atoms with Crippen molar-refractivity contribution in [2.75, 3.05) is 0 Å². The van der Waals surface area contributed by atoms with Crippen molar-refractivity contribution >= 4 is 0 Å². The molecule has 5 aliphatic rings. The van der Waals surface area contributed by atoms with Crippen LogP contribution in [0.15, 0.2) is 0 Å². The van der Waals surface area contributed by atoms with Crippen molar-refractivity contribution < 1.29 is 0 Å². The van der Waals surface area contributed by atoms with Crippen LogP contribution >= 0.6 is 0 Å². The Labute approximate surface area is 183 Å². The standard InChI is InChI=1S/C27H46.C2H6/c1-6-27-16-7-9-21(27)19-10-11-23-25(4,20(19)12-18-27)17-13-22-24(2,3)14-8-15-26(22,23)5;1-2/h19-23H,6-18H2,1-5H3;1-2H3. The minimum absolute atomic E-state index is 0.584. The molecule has 0 heterocycles. The molecule has 0 nitrogen and oxygen atoms in total. The second-order valence-electron chi connectivity index (χ2n) is 13.1. The highest BCUT2D eigenvalue weighted by Crippen LogP contribution is 2.73. The van der Waals surface area contributed by atoms with Crippen LogP contribution in [0.5, 0.6) is 0 Å². The first-order valence-corrected chi connectivity index (χ1v) is 13.8. The minimum atomic E-state index is 0.584. The van der Waals surface area contributed by atoms with Gasteiger partial charge in [0.05, 0.1) is 0 Å². The van der Waals surface area contributed by atoms with E-state index in [-0.39, 0.29) is 0 Å². The van der Waals surface area contributed by atoms with Crippen LogP contribution in [0.3, 0.4) is 0 Å². The van der Waals surface area contributed by atoms with E-state index in [1.807, 2.05) is 13.8 Å². The summed E-state index contributed by atoms with van der Waals surface area (Å²) in [7, 11) is 0. The van der Waals surface area contributed by atoms with Crippen molar-refractivity contribution in [2.24, 2.45) is 51.2 Å². The lowest BCUT2D eigenvalue weighted by Crippen LogP contribution is -2.61. The van der Waals surface area contributed by atoms with Crippen molar-refractivity contribution in [1.29, 1.82) is 0 Å². The maximum atomic E-state index is 2.80. The Kier molecular flexibility index (Phi) is 5.78. The van der Waals surface area contributed by atoms with Crippen molar-refractivity contribution in [3.63, 3.8) is 0 Å². The van der Waals surface area contributed by atoms with E-state index in [9.17, 15) is 0 Å². The third kappa shape index (κ3) is 3.03. The van der Waals surface area contributed by atoms with Crippen LogP contribution in [-0.4, -0.2) is 0 Å². The normalized spacial score (nSPS) is 52.9. The van der Waals surface area contributed by atoms with E-state index in [4.69, 9.17) is 0 Å². The highest BCUT2D eigenvalue weighted by Gasteiger charge is 2.64. The average Bonchev–Trinajstić information content (AvgIpc) is 3.13. The Morgan fingerprint density at radius 1 is 0.621 bits per heavy atom. The molecule has 0 saturated heterocycles. The van der Waals surface area contributed by atoms with Gasteiger partial charge >= 0.3 is 0 Å². The summed E-state index contributed by atoms with van der Waals surface area (Å²) in [4.78, 5) is 0. The van der Waals surface area contributed by atoms with Crippen LogP contribution in [0.2, 0.25) is 0 Å². The minimum Gasteiger partial charge on any atom is -0.0683 e. The second kappa shape index (κ2) is 7.55. The Balaban J connectivity index is 0.000000994. The zero-order valence-electron chi connectivity index (χ0n) is 21.1. The van der Waals surface area contributed by atoms with Gasteiger partial charge in [0.1, 0.15) is 0 Å². The predicted molar refractivity (Wildman–Crippen MR) is 127 cm³/mol. The molecular formula is C29H52. The molecule has 0 amide bonds. The summed E-state index contributed by atoms with van der Waals surface area (Å²) in [6.07, 6.45) is 20.0. The van der Waals surface area contributed by atoms with Gasteiger partial charge in [0.15, 0.2) is 0 Å². The van der Waals surface area contributed by atoms with Crippen molar-refractivity contribution in [3.8, 4) is 0 Å². The lowest BCUT2D eigenvalue weighted by molar-refractivity contribution is -0.195. The zero-order chi connectivity index (χ0) is 21.1. The maximum Gasteiger partial charge on any atom is -0.0259 e. The van der Waals surface area contributed by atoms with Gasteiger partial charge in [-0.1, -0.05) is 67.7 Å². The van der Waals surface area contributed by atoms with Gasteiger partial charge in [-0.15, -0.1) is 0 Å². The molecule has 0 bridgehead atoms. The van der Waals surface area contributed by atoms with Crippen LogP contribution in [-0.2, 0) is 0 Å². The lowest BCUT2D eigenvalue weighted by atomic mass is 9.36. The molecule has 8 atom stereocenters. The average molecular weight is 401 g/mol. The van der Waals surface area contributed by atoms with E-state index in [1.165, 1.54) is 38.5 Å². The summed E-state index contributed by atoms with van der Waals surface area (Å²) in [6.45, 7) is 17.3. The van der Waals surface area contributed by atoms with Gasteiger partial charge in [0.2, 0.25) is 0 Å². The SMILES string of the molecule is CC.CCC12CCCC1C1CCC3C(C)(CCC4C(C)(C)CCCC43C)C1CC2. The summed E-state index contributed by atoms with van der Waals surface area (Å²) in [5.41, 5.74) is 2.64. The highest BCUT2D eigenvalue weighted by molar-refractivity contribution is 5.13. The van der Waals surface area contributed by atoms with Crippen LogP contribution in [0, 0.1) is 51.2 Å². The molecule has 5 fully saturated rings. The molecule has 5 saturated carbocycles. The summed E-state index contributed by atoms with van der Waals surface area (Å²) in [5, 5.41) is 0.